The molecule has 0 amide bonds. The molecule has 0 saturated heterocycles. The van der Waals surface area contributed by atoms with Crippen molar-refractivity contribution < 1.29 is 4.74 Å². The minimum Gasteiger partial charge on any atom is -0.497 e. The number of nitrogens with two attached hydrogens (primary N) is 1. The van der Waals surface area contributed by atoms with Crippen molar-refractivity contribution in [3.8, 4) is 5.75 Å². The molecule has 0 fully saturated rings. The average molecular weight is 217 g/mol. The maximum absolute atomic E-state index is 5.93. The maximum atomic E-state index is 5.93. The van der Waals surface area contributed by atoms with Crippen molar-refractivity contribution in [2.24, 2.45) is 5.73 Å². The summed E-state index contributed by atoms with van der Waals surface area (Å²) < 4.78 is 5.22. The molecule has 0 saturated carbocycles. The standard InChI is InChI=1S/C14H19NO/c1-16-14-7-3-5-12(10-14)8-11-4-2-6-13(15)9-11/h3,5,7,9-10,13H,2,4,6,8,15H2,1H3. The summed E-state index contributed by atoms with van der Waals surface area (Å²) in [7, 11) is 1.70. The minimum atomic E-state index is 0.259. The van der Waals surface area contributed by atoms with Gasteiger partial charge in [-0.05, 0) is 43.4 Å². The Bertz CT molecular complexity index is 384. The van der Waals surface area contributed by atoms with Gasteiger partial charge in [0.15, 0.2) is 0 Å². The molecule has 0 spiro atoms. The van der Waals surface area contributed by atoms with Gasteiger partial charge >= 0.3 is 0 Å². The number of hydrogen-bond donors (Lipinski definition) is 1. The average Bonchev–Trinajstić information content (AvgIpc) is 2.29. The summed E-state index contributed by atoms with van der Waals surface area (Å²) in [6.45, 7) is 0. The Hall–Kier alpha value is -1.28. The van der Waals surface area contributed by atoms with Crippen LogP contribution in [0, 0.1) is 0 Å². The topological polar surface area (TPSA) is 35.2 Å². The van der Waals surface area contributed by atoms with Crippen LogP contribution < -0.4 is 10.5 Å². The van der Waals surface area contributed by atoms with Crippen LogP contribution in [0.5, 0.6) is 5.75 Å². The Balaban J connectivity index is 2.08. The molecule has 0 radical (unpaired) electrons. The Morgan fingerprint density at radius 2 is 2.31 bits per heavy atom. The number of benzene rings is 1. The third-order valence-corrected chi connectivity index (χ3v) is 3.05. The van der Waals surface area contributed by atoms with Gasteiger partial charge in [-0.3, -0.25) is 0 Å². The van der Waals surface area contributed by atoms with Crippen LogP contribution in [0.1, 0.15) is 24.8 Å². The lowest BCUT2D eigenvalue weighted by molar-refractivity contribution is 0.414. The largest absolute Gasteiger partial charge is 0.497 e. The van der Waals surface area contributed by atoms with E-state index in [9.17, 15) is 0 Å². The summed E-state index contributed by atoms with van der Waals surface area (Å²) in [6.07, 6.45) is 6.76. The van der Waals surface area contributed by atoms with Crippen LogP contribution in [-0.4, -0.2) is 13.2 Å². The van der Waals surface area contributed by atoms with Crippen molar-refractivity contribution in [2.45, 2.75) is 31.7 Å². The predicted octanol–water partition coefficient (Wildman–Crippen LogP) is 2.68. The molecule has 2 rings (SSSR count). The van der Waals surface area contributed by atoms with E-state index in [2.05, 4.69) is 18.2 Å². The monoisotopic (exact) mass is 217 g/mol. The quantitative estimate of drug-likeness (QED) is 0.790. The van der Waals surface area contributed by atoms with Gasteiger partial charge in [0.25, 0.3) is 0 Å². The highest BCUT2D eigenvalue weighted by Crippen LogP contribution is 2.22. The smallest absolute Gasteiger partial charge is 0.119 e. The number of methoxy groups -OCH3 is 1. The summed E-state index contributed by atoms with van der Waals surface area (Å²) in [6, 6.07) is 8.52. The van der Waals surface area contributed by atoms with Crippen LogP contribution in [0.4, 0.5) is 0 Å². The second-order valence-electron chi connectivity index (χ2n) is 4.41. The first kappa shape index (κ1) is 11.2. The van der Waals surface area contributed by atoms with Crippen LogP contribution in [0.15, 0.2) is 35.9 Å². The van der Waals surface area contributed by atoms with Crippen molar-refractivity contribution in [1.82, 2.24) is 0 Å². The van der Waals surface area contributed by atoms with E-state index in [1.165, 1.54) is 24.0 Å². The first-order valence-corrected chi connectivity index (χ1v) is 5.86. The van der Waals surface area contributed by atoms with Crippen molar-refractivity contribution in [3.05, 3.63) is 41.5 Å². The van der Waals surface area contributed by atoms with Gasteiger partial charge in [-0.1, -0.05) is 23.8 Å². The second kappa shape index (κ2) is 5.17. The highest BCUT2D eigenvalue weighted by molar-refractivity contribution is 5.31. The van der Waals surface area contributed by atoms with Crippen LogP contribution in [0.2, 0.25) is 0 Å². The molecule has 1 aliphatic rings. The van der Waals surface area contributed by atoms with Crippen molar-refractivity contribution in [2.75, 3.05) is 7.11 Å². The maximum Gasteiger partial charge on any atom is 0.119 e. The van der Waals surface area contributed by atoms with E-state index in [1.54, 1.807) is 7.11 Å². The van der Waals surface area contributed by atoms with Crippen LogP contribution in [-0.2, 0) is 6.42 Å². The van der Waals surface area contributed by atoms with Crippen LogP contribution in [0.3, 0.4) is 0 Å². The van der Waals surface area contributed by atoms with E-state index < -0.39 is 0 Å². The van der Waals surface area contributed by atoms with E-state index in [-0.39, 0.29) is 6.04 Å². The van der Waals surface area contributed by atoms with Crippen LogP contribution in [0.25, 0.3) is 0 Å². The molecule has 86 valence electrons. The summed E-state index contributed by atoms with van der Waals surface area (Å²) in [5, 5.41) is 0. The van der Waals surface area contributed by atoms with E-state index in [0.29, 0.717) is 0 Å². The van der Waals surface area contributed by atoms with E-state index in [1.807, 2.05) is 12.1 Å². The molecule has 16 heavy (non-hydrogen) atoms. The van der Waals surface area contributed by atoms with Gasteiger partial charge in [0.1, 0.15) is 5.75 Å². The number of rotatable bonds is 3. The van der Waals surface area contributed by atoms with Gasteiger partial charge in [-0.15, -0.1) is 0 Å². The zero-order valence-electron chi connectivity index (χ0n) is 9.78. The van der Waals surface area contributed by atoms with Crippen LogP contribution >= 0.6 is 0 Å². The van der Waals surface area contributed by atoms with Gasteiger partial charge in [0.05, 0.1) is 7.11 Å². The molecule has 1 aromatic rings. The third-order valence-electron chi connectivity index (χ3n) is 3.05. The number of allylic oxidation sites excluding steroid dienone is 1. The Morgan fingerprint density at radius 1 is 1.44 bits per heavy atom. The minimum absolute atomic E-state index is 0.259. The van der Waals surface area contributed by atoms with Crippen molar-refractivity contribution >= 4 is 0 Å². The fourth-order valence-electron chi connectivity index (χ4n) is 2.23. The summed E-state index contributed by atoms with van der Waals surface area (Å²) in [5.74, 6) is 0.929. The first-order chi connectivity index (χ1) is 7.78. The van der Waals surface area contributed by atoms with Gasteiger partial charge in [0, 0.05) is 6.04 Å². The number of hydrogen-bond acceptors (Lipinski definition) is 2. The molecule has 0 aromatic heterocycles. The lowest BCUT2D eigenvalue weighted by atomic mass is 9.92. The summed E-state index contributed by atoms with van der Waals surface area (Å²) in [5.41, 5.74) is 8.70. The number of ether oxygens (including phenoxy) is 1. The van der Waals surface area contributed by atoms with Crippen molar-refractivity contribution in [1.29, 1.82) is 0 Å². The molecule has 1 unspecified atom stereocenters. The first-order valence-electron chi connectivity index (χ1n) is 5.86. The fraction of sp³-hybridized carbons (Fsp3) is 0.429. The highest BCUT2D eigenvalue weighted by atomic mass is 16.5. The van der Waals surface area contributed by atoms with Gasteiger partial charge in [0.2, 0.25) is 0 Å². The molecule has 2 heteroatoms. The Kier molecular flexibility index (Phi) is 3.62. The van der Waals surface area contributed by atoms with Gasteiger partial charge < -0.3 is 10.5 Å². The Morgan fingerprint density at radius 3 is 3.06 bits per heavy atom. The second-order valence-corrected chi connectivity index (χ2v) is 4.41. The predicted molar refractivity (Wildman–Crippen MR) is 66.6 cm³/mol. The lowest BCUT2D eigenvalue weighted by Gasteiger charge is -2.17. The van der Waals surface area contributed by atoms with E-state index >= 15 is 0 Å². The summed E-state index contributed by atoms with van der Waals surface area (Å²) >= 11 is 0. The molecular formula is C14H19NO. The zero-order chi connectivity index (χ0) is 11.4. The molecule has 0 aliphatic heterocycles. The van der Waals surface area contributed by atoms with Gasteiger partial charge in [-0.2, -0.15) is 0 Å². The van der Waals surface area contributed by atoms with Gasteiger partial charge in [-0.25, -0.2) is 0 Å². The highest BCUT2D eigenvalue weighted by Gasteiger charge is 2.10. The van der Waals surface area contributed by atoms with E-state index in [0.717, 1.165) is 18.6 Å². The van der Waals surface area contributed by atoms with E-state index in [4.69, 9.17) is 10.5 Å². The summed E-state index contributed by atoms with van der Waals surface area (Å²) in [4.78, 5) is 0. The SMILES string of the molecule is COc1cccc(CC2=CC(N)CCC2)c1. The zero-order valence-corrected chi connectivity index (χ0v) is 9.78. The Labute approximate surface area is 97.1 Å². The third kappa shape index (κ3) is 2.86. The molecule has 1 atom stereocenters. The molecule has 2 nitrogen and oxygen atoms in total. The normalized spacial score (nSPS) is 20.4. The molecule has 0 heterocycles. The molecule has 1 aromatic carbocycles. The molecule has 2 N–H and O–H groups in total. The molecular weight excluding hydrogens is 198 g/mol. The lowest BCUT2D eigenvalue weighted by Crippen LogP contribution is -2.20. The molecule has 0 bridgehead atoms. The van der Waals surface area contributed by atoms with Crippen molar-refractivity contribution in [3.63, 3.8) is 0 Å². The molecule has 1 aliphatic carbocycles. The fourth-order valence-corrected chi connectivity index (χ4v) is 2.23.